The van der Waals surface area contributed by atoms with Gasteiger partial charge >= 0.3 is 6.18 Å². The van der Waals surface area contributed by atoms with Crippen LogP contribution in [0.15, 0.2) is 6.20 Å². The van der Waals surface area contributed by atoms with Crippen LogP contribution in [-0.2, 0) is 17.5 Å². The summed E-state index contributed by atoms with van der Waals surface area (Å²) in [4.78, 5) is 24.2. The number of primary amides is 1. The van der Waals surface area contributed by atoms with E-state index in [0.29, 0.717) is 19.4 Å². The summed E-state index contributed by atoms with van der Waals surface area (Å²) in [5.74, 6) is -1.68. The summed E-state index contributed by atoms with van der Waals surface area (Å²) in [5, 5.41) is 9.54. The quantitative estimate of drug-likeness (QED) is 0.751. The monoisotopic (exact) mass is 418 g/mol. The van der Waals surface area contributed by atoms with E-state index >= 15 is 0 Å². The zero-order chi connectivity index (χ0) is 20.8. The van der Waals surface area contributed by atoms with Gasteiger partial charge < -0.3 is 11.1 Å². The van der Waals surface area contributed by atoms with Crippen LogP contribution in [0.5, 0.6) is 0 Å². The average molecular weight is 419 g/mol. The summed E-state index contributed by atoms with van der Waals surface area (Å²) in [6.07, 6.45) is -1.97. The van der Waals surface area contributed by atoms with Crippen LogP contribution in [0.3, 0.4) is 0 Å². The van der Waals surface area contributed by atoms with Crippen LogP contribution in [0.1, 0.15) is 60.5 Å². The fourth-order valence-electron chi connectivity index (χ4n) is 2.83. The number of carbonyl (C=O) groups excluding carboxylic acids is 2. The third-order valence-corrected chi connectivity index (χ3v) is 4.82. The Hall–Kier alpha value is -2.56. The first-order valence-electron chi connectivity index (χ1n) is 8.57. The fraction of sp³-hybridized carbons (Fsp3) is 0.500. The molecule has 0 radical (unpaired) electrons. The molecular weight excluding hydrogens is 401 g/mol. The minimum Gasteiger partial charge on any atom is -0.364 e. The fourth-order valence-corrected chi connectivity index (χ4v) is 3.22. The maximum atomic E-state index is 13.2. The Balaban J connectivity index is 1.92. The second-order valence-electron chi connectivity index (χ2n) is 6.54. The molecule has 1 atom stereocenters. The molecule has 0 saturated heterocycles. The van der Waals surface area contributed by atoms with Crippen LogP contribution >= 0.6 is 11.6 Å². The highest BCUT2D eigenvalue weighted by molar-refractivity contribution is 6.32. The smallest absolute Gasteiger partial charge is 0.364 e. The summed E-state index contributed by atoms with van der Waals surface area (Å²) >= 11 is 5.94. The lowest BCUT2D eigenvalue weighted by molar-refractivity contribution is -0.141. The SMILES string of the molecule is CCn1cc(NC(=O)[C@@H](C)n2nc(C(F)(F)F)c(Cl)c2C2CC2)c(C(N)=O)n1. The van der Waals surface area contributed by atoms with Crippen LogP contribution in [-0.4, -0.2) is 31.4 Å². The van der Waals surface area contributed by atoms with E-state index in [0.717, 1.165) is 4.68 Å². The van der Waals surface area contributed by atoms with Gasteiger partial charge in [-0.15, -0.1) is 0 Å². The zero-order valence-electron chi connectivity index (χ0n) is 15.0. The minimum atomic E-state index is -4.73. The van der Waals surface area contributed by atoms with Gasteiger partial charge in [0.1, 0.15) is 6.04 Å². The van der Waals surface area contributed by atoms with E-state index in [2.05, 4.69) is 15.5 Å². The molecule has 1 aliphatic rings. The molecule has 2 aromatic heterocycles. The van der Waals surface area contributed by atoms with Crippen molar-refractivity contribution >= 4 is 29.1 Å². The molecule has 3 rings (SSSR count). The maximum Gasteiger partial charge on any atom is 0.436 e. The van der Waals surface area contributed by atoms with E-state index in [1.165, 1.54) is 17.8 Å². The van der Waals surface area contributed by atoms with Gasteiger partial charge in [-0.1, -0.05) is 11.6 Å². The number of carbonyl (C=O) groups is 2. The van der Waals surface area contributed by atoms with Crippen molar-refractivity contribution in [3.63, 3.8) is 0 Å². The van der Waals surface area contributed by atoms with Crippen molar-refractivity contribution in [1.29, 1.82) is 0 Å². The number of anilines is 1. The Labute approximate surface area is 162 Å². The normalized spacial score (nSPS) is 15.5. The van der Waals surface area contributed by atoms with E-state index in [1.807, 2.05) is 0 Å². The largest absolute Gasteiger partial charge is 0.436 e. The number of halogens is 4. The summed E-state index contributed by atoms with van der Waals surface area (Å²) in [5.41, 5.74) is 4.18. The molecule has 2 aromatic rings. The van der Waals surface area contributed by atoms with E-state index < -0.39 is 34.7 Å². The average Bonchev–Trinajstić information content (AvgIpc) is 3.25. The lowest BCUT2D eigenvalue weighted by Crippen LogP contribution is -2.27. The maximum absolute atomic E-state index is 13.2. The molecule has 1 saturated carbocycles. The van der Waals surface area contributed by atoms with Gasteiger partial charge in [-0.05, 0) is 26.7 Å². The van der Waals surface area contributed by atoms with Gasteiger partial charge in [-0.25, -0.2) is 0 Å². The topological polar surface area (TPSA) is 108 Å². The molecular formula is C16H18ClF3N6O2. The van der Waals surface area contributed by atoms with Crippen LogP contribution in [0.4, 0.5) is 18.9 Å². The molecule has 0 spiro atoms. The van der Waals surface area contributed by atoms with Gasteiger partial charge in [0.15, 0.2) is 11.4 Å². The summed E-state index contributed by atoms with van der Waals surface area (Å²) in [6, 6.07) is -1.10. The van der Waals surface area contributed by atoms with Crippen LogP contribution < -0.4 is 11.1 Å². The van der Waals surface area contributed by atoms with E-state index in [4.69, 9.17) is 17.3 Å². The number of hydrogen-bond acceptors (Lipinski definition) is 4. The summed E-state index contributed by atoms with van der Waals surface area (Å²) in [6.45, 7) is 3.61. The van der Waals surface area contributed by atoms with Crippen LogP contribution in [0.2, 0.25) is 5.02 Å². The first-order valence-corrected chi connectivity index (χ1v) is 8.95. The summed E-state index contributed by atoms with van der Waals surface area (Å²) < 4.78 is 42.0. The number of rotatable bonds is 6. The van der Waals surface area contributed by atoms with Crippen molar-refractivity contribution in [2.45, 2.75) is 51.4 Å². The molecule has 0 unspecified atom stereocenters. The van der Waals surface area contributed by atoms with E-state index in [9.17, 15) is 22.8 Å². The molecule has 1 aliphatic carbocycles. The highest BCUT2D eigenvalue weighted by atomic mass is 35.5. The number of aryl methyl sites for hydroxylation is 1. The Bertz CT molecular complexity index is 932. The number of hydrogen-bond donors (Lipinski definition) is 2. The molecule has 0 aliphatic heterocycles. The van der Waals surface area contributed by atoms with Crippen molar-refractivity contribution in [3.8, 4) is 0 Å². The van der Waals surface area contributed by atoms with Gasteiger partial charge in [0.2, 0.25) is 5.91 Å². The molecule has 12 heteroatoms. The van der Waals surface area contributed by atoms with Crippen LogP contribution in [0.25, 0.3) is 0 Å². The van der Waals surface area contributed by atoms with Crippen molar-refractivity contribution in [1.82, 2.24) is 19.6 Å². The molecule has 1 fully saturated rings. The molecule has 3 N–H and O–H groups in total. The van der Waals surface area contributed by atoms with Gasteiger partial charge in [0.05, 0.1) is 16.4 Å². The van der Waals surface area contributed by atoms with Crippen molar-refractivity contribution in [2.75, 3.05) is 5.32 Å². The minimum absolute atomic E-state index is 0.0773. The predicted molar refractivity (Wildman–Crippen MR) is 94.0 cm³/mol. The molecule has 2 heterocycles. The predicted octanol–water partition coefficient (Wildman–Crippen LogP) is 2.95. The first kappa shape index (κ1) is 20.2. The van der Waals surface area contributed by atoms with Gasteiger partial charge in [0, 0.05) is 18.7 Å². The van der Waals surface area contributed by atoms with Crippen molar-refractivity contribution in [3.05, 3.63) is 28.3 Å². The first-order chi connectivity index (χ1) is 13.0. The van der Waals surface area contributed by atoms with E-state index in [1.54, 1.807) is 6.92 Å². The highest BCUT2D eigenvalue weighted by Crippen LogP contribution is 2.47. The second kappa shape index (κ2) is 7.12. The summed E-state index contributed by atoms with van der Waals surface area (Å²) in [7, 11) is 0. The highest BCUT2D eigenvalue weighted by Gasteiger charge is 2.43. The Morgan fingerprint density at radius 2 is 2.04 bits per heavy atom. The molecule has 0 aromatic carbocycles. The lowest BCUT2D eigenvalue weighted by Gasteiger charge is -2.15. The molecule has 8 nitrogen and oxygen atoms in total. The Morgan fingerprint density at radius 1 is 1.39 bits per heavy atom. The Morgan fingerprint density at radius 3 is 2.54 bits per heavy atom. The second-order valence-corrected chi connectivity index (χ2v) is 6.92. The third-order valence-electron chi connectivity index (χ3n) is 4.44. The van der Waals surface area contributed by atoms with E-state index in [-0.39, 0.29) is 23.0 Å². The third kappa shape index (κ3) is 3.71. The van der Waals surface area contributed by atoms with Gasteiger partial charge in [-0.2, -0.15) is 23.4 Å². The standard InChI is InChI=1S/C16H18ClF3N6O2/c1-3-25-6-9(11(23-25)14(21)27)22-15(28)7(2)26-12(8-4-5-8)10(17)13(24-26)16(18,19)20/h6-8H,3-5H2,1-2H3,(H2,21,27)(H,22,28)/t7-/m1/s1. The number of nitrogens with two attached hydrogens (primary N) is 1. The number of amides is 2. The molecule has 152 valence electrons. The molecule has 28 heavy (non-hydrogen) atoms. The number of nitrogens with zero attached hydrogens (tertiary/aromatic N) is 4. The van der Waals surface area contributed by atoms with Crippen LogP contribution in [0, 0.1) is 0 Å². The molecule has 2 amide bonds. The van der Waals surface area contributed by atoms with Gasteiger partial charge in [0.25, 0.3) is 5.91 Å². The van der Waals surface area contributed by atoms with Gasteiger partial charge in [-0.3, -0.25) is 19.0 Å². The number of aromatic nitrogens is 4. The van der Waals surface area contributed by atoms with Crippen molar-refractivity contribution < 1.29 is 22.8 Å². The number of alkyl halides is 3. The Kier molecular flexibility index (Phi) is 5.13. The number of nitrogens with one attached hydrogen (secondary N) is 1. The zero-order valence-corrected chi connectivity index (χ0v) is 15.8. The van der Waals surface area contributed by atoms with Crippen molar-refractivity contribution in [2.24, 2.45) is 5.73 Å². The lowest BCUT2D eigenvalue weighted by atomic mass is 10.2. The molecule has 0 bridgehead atoms.